The zero-order valence-corrected chi connectivity index (χ0v) is 21.0. The van der Waals surface area contributed by atoms with Gasteiger partial charge in [-0.25, -0.2) is 4.98 Å². The first kappa shape index (κ1) is 23.4. The second kappa shape index (κ2) is 10.1. The number of ether oxygens (including phenoxy) is 1. The molecule has 1 atom stereocenters. The number of imidazole rings is 1. The highest BCUT2D eigenvalue weighted by atomic mass is 35.5. The minimum atomic E-state index is 0.0526. The number of aryl methyl sites for hydroxylation is 3. The van der Waals surface area contributed by atoms with Gasteiger partial charge in [-0.15, -0.1) is 0 Å². The van der Waals surface area contributed by atoms with Crippen LogP contribution >= 0.6 is 11.6 Å². The van der Waals surface area contributed by atoms with E-state index in [2.05, 4.69) is 42.7 Å². The number of unbranched alkanes of at least 4 members (excludes halogenated alkanes) is 1. The second-order valence-corrected chi connectivity index (χ2v) is 9.75. The van der Waals surface area contributed by atoms with Gasteiger partial charge in [0.25, 0.3) is 0 Å². The van der Waals surface area contributed by atoms with Gasteiger partial charge in [-0.05, 0) is 80.3 Å². The van der Waals surface area contributed by atoms with E-state index in [0.29, 0.717) is 24.6 Å². The van der Waals surface area contributed by atoms with Gasteiger partial charge in [0.1, 0.15) is 11.6 Å². The summed E-state index contributed by atoms with van der Waals surface area (Å²) in [6.45, 7) is 6.31. The average Bonchev–Trinajstić information content (AvgIpc) is 3.42. The summed E-state index contributed by atoms with van der Waals surface area (Å²) in [6.07, 6.45) is 2.38. The molecule has 1 amide bonds. The quantitative estimate of drug-likeness (QED) is 0.260. The van der Waals surface area contributed by atoms with Gasteiger partial charge < -0.3 is 14.2 Å². The van der Waals surface area contributed by atoms with E-state index in [1.807, 2.05) is 47.4 Å². The second-order valence-electron chi connectivity index (χ2n) is 9.32. The summed E-state index contributed by atoms with van der Waals surface area (Å²) >= 11 is 6.04. The van der Waals surface area contributed by atoms with Crippen LogP contribution in [0.1, 0.15) is 42.1 Å². The lowest BCUT2D eigenvalue weighted by Gasteiger charge is -2.17. The number of hydrogen-bond acceptors (Lipinski definition) is 3. The molecule has 0 radical (unpaired) electrons. The number of carbonyl (C=O) groups is 1. The normalized spacial score (nSPS) is 15.8. The van der Waals surface area contributed by atoms with Crippen molar-refractivity contribution in [2.75, 3.05) is 18.1 Å². The van der Waals surface area contributed by atoms with E-state index < -0.39 is 0 Å². The average molecular weight is 488 g/mol. The van der Waals surface area contributed by atoms with Gasteiger partial charge in [-0.1, -0.05) is 35.9 Å². The van der Waals surface area contributed by atoms with E-state index in [0.717, 1.165) is 53.2 Å². The van der Waals surface area contributed by atoms with Gasteiger partial charge in [0.15, 0.2) is 0 Å². The summed E-state index contributed by atoms with van der Waals surface area (Å²) < 4.78 is 8.36. The van der Waals surface area contributed by atoms with Crippen LogP contribution in [0.3, 0.4) is 0 Å². The molecule has 0 N–H and O–H groups in total. The van der Waals surface area contributed by atoms with Crippen LogP contribution in [0.25, 0.3) is 11.0 Å². The first-order valence-electron chi connectivity index (χ1n) is 12.2. The third-order valence-corrected chi connectivity index (χ3v) is 6.94. The minimum absolute atomic E-state index is 0.0526. The van der Waals surface area contributed by atoms with E-state index in [1.54, 1.807) is 0 Å². The van der Waals surface area contributed by atoms with Crippen LogP contribution < -0.4 is 9.64 Å². The lowest BCUT2D eigenvalue weighted by Crippen LogP contribution is -2.24. The minimum Gasteiger partial charge on any atom is -0.493 e. The van der Waals surface area contributed by atoms with Gasteiger partial charge in [-0.3, -0.25) is 4.79 Å². The van der Waals surface area contributed by atoms with Crippen LogP contribution in [-0.4, -0.2) is 28.6 Å². The van der Waals surface area contributed by atoms with Gasteiger partial charge in [0.05, 0.1) is 17.6 Å². The highest BCUT2D eigenvalue weighted by molar-refractivity contribution is 6.30. The fourth-order valence-corrected chi connectivity index (χ4v) is 4.93. The van der Waals surface area contributed by atoms with E-state index in [4.69, 9.17) is 21.3 Å². The Kier molecular flexibility index (Phi) is 6.78. The zero-order chi connectivity index (χ0) is 24.4. The van der Waals surface area contributed by atoms with Crippen LogP contribution in [0.4, 0.5) is 5.69 Å². The van der Waals surface area contributed by atoms with Crippen LogP contribution in [0, 0.1) is 13.8 Å². The molecule has 0 bridgehead atoms. The molecule has 5 rings (SSSR count). The Balaban J connectivity index is 1.29. The smallest absolute Gasteiger partial charge is 0.227 e. The van der Waals surface area contributed by atoms with Crippen molar-refractivity contribution in [3.63, 3.8) is 0 Å². The summed E-state index contributed by atoms with van der Waals surface area (Å²) in [4.78, 5) is 19.7. The van der Waals surface area contributed by atoms with E-state index >= 15 is 0 Å². The maximum Gasteiger partial charge on any atom is 0.227 e. The number of rotatable bonds is 8. The van der Waals surface area contributed by atoms with Crippen LogP contribution in [0.2, 0.25) is 5.02 Å². The summed E-state index contributed by atoms with van der Waals surface area (Å²) in [7, 11) is 0. The van der Waals surface area contributed by atoms with Crippen molar-refractivity contribution >= 4 is 34.2 Å². The maximum absolute atomic E-state index is 12.9. The number of anilines is 1. The zero-order valence-electron chi connectivity index (χ0n) is 20.2. The fraction of sp³-hybridized carbons (Fsp3) is 0.310. The van der Waals surface area contributed by atoms with E-state index in [1.165, 1.54) is 5.56 Å². The molecular weight excluding hydrogens is 458 g/mol. The Labute approximate surface area is 211 Å². The molecule has 6 heteroatoms. The Morgan fingerprint density at radius 2 is 1.83 bits per heavy atom. The number of amides is 1. The molecule has 1 unspecified atom stereocenters. The standard InChI is InChI=1S/C29H30ClN3O2/c1-20-9-10-21(2)27(17-20)35-16-6-5-15-32-26-8-4-3-7-25(26)31-29(32)22-18-28(34)33(19-22)24-13-11-23(30)12-14-24/h3-4,7-14,17,22H,5-6,15-16,18-19H2,1-2H3. The summed E-state index contributed by atoms with van der Waals surface area (Å²) in [5.41, 5.74) is 5.35. The Morgan fingerprint density at radius 3 is 2.66 bits per heavy atom. The molecule has 1 aliphatic heterocycles. The predicted octanol–water partition coefficient (Wildman–Crippen LogP) is 6.69. The summed E-state index contributed by atoms with van der Waals surface area (Å²) in [5, 5.41) is 0.667. The number of halogens is 1. The highest BCUT2D eigenvalue weighted by Gasteiger charge is 2.34. The molecule has 0 saturated carbocycles. The highest BCUT2D eigenvalue weighted by Crippen LogP contribution is 2.34. The molecule has 1 saturated heterocycles. The fourth-order valence-electron chi connectivity index (χ4n) is 4.81. The third kappa shape index (κ3) is 5.06. The molecule has 35 heavy (non-hydrogen) atoms. The molecular formula is C29H30ClN3O2. The van der Waals surface area contributed by atoms with Gasteiger partial charge in [-0.2, -0.15) is 0 Å². The van der Waals surface area contributed by atoms with Crippen LogP contribution in [-0.2, 0) is 11.3 Å². The summed E-state index contributed by atoms with van der Waals surface area (Å²) in [5.74, 6) is 2.13. The molecule has 4 aromatic rings. The largest absolute Gasteiger partial charge is 0.493 e. The number of aromatic nitrogens is 2. The van der Waals surface area contributed by atoms with Crippen LogP contribution in [0.15, 0.2) is 66.7 Å². The van der Waals surface area contributed by atoms with Crippen molar-refractivity contribution in [1.82, 2.24) is 9.55 Å². The molecule has 2 heterocycles. The topological polar surface area (TPSA) is 47.4 Å². The molecule has 0 aliphatic carbocycles. The molecule has 1 aliphatic rings. The summed E-state index contributed by atoms with van der Waals surface area (Å²) in [6, 6.07) is 22.0. The number of carbonyl (C=O) groups excluding carboxylic acids is 1. The lowest BCUT2D eigenvalue weighted by atomic mass is 10.1. The van der Waals surface area contributed by atoms with Crippen molar-refractivity contribution < 1.29 is 9.53 Å². The van der Waals surface area contributed by atoms with E-state index in [-0.39, 0.29) is 11.8 Å². The Bertz CT molecular complexity index is 1350. The number of benzene rings is 3. The predicted molar refractivity (Wildman–Crippen MR) is 142 cm³/mol. The number of fused-ring (bicyclic) bond motifs is 1. The van der Waals surface area contributed by atoms with E-state index in [9.17, 15) is 4.79 Å². The van der Waals surface area contributed by atoms with Gasteiger partial charge in [0.2, 0.25) is 5.91 Å². The maximum atomic E-state index is 12.9. The monoisotopic (exact) mass is 487 g/mol. The first-order chi connectivity index (χ1) is 17.0. The Hall–Kier alpha value is -3.31. The molecule has 5 nitrogen and oxygen atoms in total. The number of nitrogens with zero attached hydrogens (tertiary/aromatic N) is 3. The van der Waals surface area contributed by atoms with Gasteiger partial charge in [0, 0.05) is 36.1 Å². The molecule has 1 aromatic heterocycles. The first-order valence-corrected chi connectivity index (χ1v) is 12.6. The number of para-hydroxylation sites is 2. The number of hydrogen-bond donors (Lipinski definition) is 0. The molecule has 1 fully saturated rings. The van der Waals surface area contributed by atoms with Crippen molar-refractivity contribution in [3.8, 4) is 5.75 Å². The lowest BCUT2D eigenvalue weighted by molar-refractivity contribution is -0.117. The third-order valence-electron chi connectivity index (χ3n) is 6.69. The molecule has 180 valence electrons. The van der Waals surface area contributed by atoms with Crippen molar-refractivity contribution in [3.05, 3.63) is 88.7 Å². The van der Waals surface area contributed by atoms with Gasteiger partial charge >= 0.3 is 0 Å². The Morgan fingerprint density at radius 1 is 1.03 bits per heavy atom. The molecule has 3 aromatic carbocycles. The molecule has 0 spiro atoms. The van der Waals surface area contributed by atoms with Crippen LogP contribution in [0.5, 0.6) is 5.75 Å². The van der Waals surface area contributed by atoms with Crippen molar-refractivity contribution in [1.29, 1.82) is 0 Å². The van der Waals surface area contributed by atoms with Crippen molar-refractivity contribution in [2.24, 2.45) is 0 Å². The van der Waals surface area contributed by atoms with Crippen molar-refractivity contribution in [2.45, 2.75) is 45.6 Å². The SMILES string of the molecule is Cc1ccc(C)c(OCCCCn2c(C3CC(=O)N(c4ccc(Cl)cc4)C3)nc3ccccc32)c1.